The summed E-state index contributed by atoms with van der Waals surface area (Å²) in [5.41, 5.74) is 2.24. The molecule has 2 aromatic carbocycles. The molecule has 137 valence electrons. The normalized spacial score (nSPS) is 20.9. The van der Waals surface area contributed by atoms with Gasteiger partial charge in [-0.2, -0.15) is 0 Å². The molecule has 0 aromatic heterocycles. The lowest BCUT2D eigenvalue weighted by Crippen LogP contribution is -2.44. The molecular weight excluding hydrogens is 329 g/mol. The van der Waals surface area contributed by atoms with Gasteiger partial charge in [0, 0.05) is 38.2 Å². The van der Waals surface area contributed by atoms with Crippen molar-refractivity contribution in [1.82, 2.24) is 4.90 Å². The molecule has 0 bridgehead atoms. The van der Waals surface area contributed by atoms with Crippen molar-refractivity contribution in [2.24, 2.45) is 5.92 Å². The van der Waals surface area contributed by atoms with Crippen molar-refractivity contribution in [1.29, 1.82) is 0 Å². The Bertz CT molecular complexity index is 747. The maximum absolute atomic E-state index is 14.1. The summed E-state index contributed by atoms with van der Waals surface area (Å²) in [6.07, 6.45) is 2.15. The molecule has 1 aliphatic rings. The molecule has 3 nitrogen and oxygen atoms in total. The fourth-order valence-electron chi connectivity index (χ4n) is 3.69. The van der Waals surface area contributed by atoms with E-state index in [4.69, 9.17) is 4.74 Å². The molecule has 2 atom stereocenters. The van der Waals surface area contributed by atoms with Gasteiger partial charge in [-0.25, -0.2) is 4.39 Å². The summed E-state index contributed by atoms with van der Waals surface area (Å²) >= 11 is 0. The van der Waals surface area contributed by atoms with Crippen LogP contribution in [0.2, 0.25) is 0 Å². The van der Waals surface area contributed by atoms with Gasteiger partial charge in [-0.3, -0.25) is 9.69 Å². The molecule has 0 unspecified atom stereocenters. The lowest BCUT2D eigenvalue weighted by molar-refractivity contribution is 0.0786. The van der Waals surface area contributed by atoms with Crippen LogP contribution in [0.1, 0.15) is 27.4 Å². The Hall–Kier alpha value is -2.04. The van der Waals surface area contributed by atoms with Crippen molar-refractivity contribution in [3.05, 3.63) is 77.5 Å². The monoisotopic (exact) mass is 354 g/mol. The molecule has 1 saturated heterocycles. The molecule has 3 rings (SSSR count). The topological polar surface area (TPSA) is 29.5 Å². The van der Waals surface area contributed by atoms with Crippen LogP contribution in [0.3, 0.4) is 0 Å². The van der Waals surface area contributed by atoms with Crippen LogP contribution >= 0.6 is 0 Å². The Morgan fingerprint density at radius 3 is 2.69 bits per heavy atom. The molecule has 1 radical (unpaired) electrons. The van der Waals surface area contributed by atoms with Gasteiger partial charge in [-0.15, -0.1) is 0 Å². The van der Waals surface area contributed by atoms with Crippen molar-refractivity contribution in [3.63, 3.8) is 0 Å². The summed E-state index contributed by atoms with van der Waals surface area (Å²) in [7, 11) is 1.68. The zero-order valence-electron chi connectivity index (χ0n) is 15.3. The molecule has 26 heavy (non-hydrogen) atoms. The van der Waals surface area contributed by atoms with E-state index in [1.54, 1.807) is 20.1 Å². The van der Waals surface area contributed by atoms with Gasteiger partial charge in [0.15, 0.2) is 5.78 Å². The van der Waals surface area contributed by atoms with Gasteiger partial charge in [0.05, 0.1) is 6.61 Å². The first-order valence-corrected chi connectivity index (χ1v) is 9.00. The Morgan fingerprint density at radius 1 is 1.19 bits per heavy atom. The minimum absolute atomic E-state index is 0.0859. The van der Waals surface area contributed by atoms with Crippen molar-refractivity contribution < 1.29 is 13.9 Å². The van der Waals surface area contributed by atoms with Gasteiger partial charge in [0.25, 0.3) is 0 Å². The zero-order valence-corrected chi connectivity index (χ0v) is 15.3. The third-order valence-corrected chi connectivity index (χ3v) is 5.18. The standard InChI is InChI=1S/C22H25FNO2/c1-16-18(9-6-10-21(16)23)19-11-12-24(13-14-26-2)15-20(19)22(25)17-7-4-3-5-8-17/h3-11,19-20H,12-15H2,1-2H3/t19-,20+/m1/s1. The second kappa shape index (κ2) is 8.56. The number of likely N-dealkylation sites (tertiary alicyclic amines) is 1. The van der Waals surface area contributed by atoms with Crippen molar-refractivity contribution >= 4 is 5.78 Å². The number of carbonyl (C=O) groups excluding carboxylic acids is 1. The first kappa shape index (κ1) is 18.7. The molecule has 0 N–H and O–H groups in total. The quantitative estimate of drug-likeness (QED) is 0.737. The van der Waals surface area contributed by atoms with Gasteiger partial charge in [-0.05, 0) is 36.5 Å². The third-order valence-electron chi connectivity index (χ3n) is 5.18. The van der Waals surface area contributed by atoms with Crippen molar-refractivity contribution in [2.75, 3.05) is 33.4 Å². The lowest BCUT2D eigenvalue weighted by Gasteiger charge is -2.38. The molecular formula is C22H25FNO2. The summed E-state index contributed by atoms with van der Waals surface area (Å²) in [5.74, 6) is -0.429. The second-order valence-electron chi connectivity index (χ2n) is 6.80. The highest BCUT2D eigenvalue weighted by Crippen LogP contribution is 2.36. The number of rotatable bonds is 6. The largest absolute Gasteiger partial charge is 0.383 e. The molecule has 0 spiro atoms. The average Bonchev–Trinajstić information content (AvgIpc) is 2.68. The highest BCUT2D eigenvalue weighted by molar-refractivity contribution is 5.98. The lowest BCUT2D eigenvalue weighted by atomic mass is 9.75. The van der Waals surface area contributed by atoms with E-state index in [-0.39, 0.29) is 23.4 Å². The van der Waals surface area contributed by atoms with E-state index >= 15 is 0 Å². The van der Waals surface area contributed by atoms with E-state index in [0.717, 1.165) is 18.7 Å². The number of carbonyl (C=O) groups is 1. The minimum atomic E-state index is -0.233. The van der Waals surface area contributed by atoms with Crippen LogP contribution in [0, 0.1) is 25.1 Å². The number of benzene rings is 2. The Kier molecular flexibility index (Phi) is 6.17. The summed E-state index contributed by atoms with van der Waals surface area (Å²) in [6.45, 7) is 4.61. The predicted octanol–water partition coefficient (Wildman–Crippen LogP) is 3.88. The maximum atomic E-state index is 14.1. The van der Waals surface area contributed by atoms with Gasteiger partial charge in [0.1, 0.15) is 5.82 Å². The number of piperidine rings is 1. The predicted molar refractivity (Wildman–Crippen MR) is 101 cm³/mol. The fraction of sp³-hybridized carbons (Fsp3) is 0.364. The number of ether oxygens (including phenoxy) is 1. The summed E-state index contributed by atoms with van der Waals surface area (Å²) < 4.78 is 19.3. The van der Waals surface area contributed by atoms with Crippen LogP contribution in [0.4, 0.5) is 4.39 Å². The molecule has 4 heteroatoms. The zero-order chi connectivity index (χ0) is 18.5. The van der Waals surface area contributed by atoms with E-state index in [1.165, 1.54) is 6.07 Å². The van der Waals surface area contributed by atoms with Gasteiger partial charge in [0.2, 0.25) is 0 Å². The Balaban J connectivity index is 1.91. The highest BCUT2D eigenvalue weighted by atomic mass is 19.1. The number of halogens is 1. The third kappa shape index (κ3) is 4.02. The number of hydrogen-bond donors (Lipinski definition) is 0. The summed E-state index contributed by atoms with van der Waals surface area (Å²) in [5, 5.41) is 0. The number of hydrogen-bond acceptors (Lipinski definition) is 3. The first-order valence-electron chi connectivity index (χ1n) is 9.00. The van der Waals surface area contributed by atoms with Crippen LogP contribution in [-0.4, -0.2) is 44.0 Å². The number of Topliss-reactive ketones (excluding diaryl/α,β-unsaturated/α-hetero) is 1. The molecule has 1 heterocycles. The molecule has 0 aliphatic carbocycles. The Morgan fingerprint density at radius 2 is 1.96 bits per heavy atom. The van der Waals surface area contributed by atoms with Gasteiger partial charge in [-0.1, -0.05) is 42.5 Å². The van der Waals surface area contributed by atoms with Gasteiger partial charge < -0.3 is 4.74 Å². The summed E-state index contributed by atoms with van der Waals surface area (Å²) in [4.78, 5) is 15.4. The maximum Gasteiger partial charge on any atom is 0.167 e. The Labute approximate surface area is 154 Å². The molecule has 2 aromatic rings. The van der Waals surface area contributed by atoms with E-state index in [0.29, 0.717) is 24.3 Å². The summed E-state index contributed by atoms with van der Waals surface area (Å²) in [6, 6.07) is 14.5. The fourth-order valence-corrected chi connectivity index (χ4v) is 3.69. The van der Waals surface area contributed by atoms with Crippen LogP contribution in [0.15, 0.2) is 48.5 Å². The van der Waals surface area contributed by atoms with Crippen LogP contribution in [0.5, 0.6) is 0 Å². The molecule has 0 amide bonds. The van der Waals surface area contributed by atoms with E-state index < -0.39 is 0 Å². The SMILES string of the molecule is COCCN1C[CH][C@H](c2cccc(F)c2C)[C@@H](C(=O)c2ccccc2)C1. The molecule has 1 aliphatic heterocycles. The van der Waals surface area contributed by atoms with Crippen LogP contribution < -0.4 is 0 Å². The number of methoxy groups -OCH3 is 1. The number of ketones is 1. The first-order chi connectivity index (χ1) is 12.6. The van der Waals surface area contributed by atoms with Crippen molar-refractivity contribution in [2.45, 2.75) is 12.8 Å². The smallest absolute Gasteiger partial charge is 0.167 e. The van der Waals surface area contributed by atoms with Gasteiger partial charge >= 0.3 is 0 Å². The average molecular weight is 354 g/mol. The highest BCUT2D eigenvalue weighted by Gasteiger charge is 2.36. The van der Waals surface area contributed by atoms with Crippen LogP contribution in [-0.2, 0) is 4.74 Å². The van der Waals surface area contributed by atoms with E-state index in [9.17, 15) is 9.18 Å². The minimum Gasteiger partial charge on any atom is -0.383 e. The van der Waals surface area contributed by atoms with Crippen LogP contribution in [0.25, 0.3) is 0 Å². The van der Waals surface area contributed by atoms with E-state index in [2.05, 4.69) is 11.3 Å². The molecule has 0 saturated carbocycles. The second-order valence-corrected chi connectivity index (χ2v) is 6.80. The van der Waals surface area contributed by atoms with E-state index in [1.807, 2.05) is 36.4 Å². The van der Waals surface area contributed by atoms with Crippen molar-refractivity contribution in [3.8, 4) is 0 Å². The number of nitrogens with zero attached hydrogens (tertiary/aromatic N) is 1. The molecule has 1 fully saturated rings.